The molecule has 0 radical (unpaired) electrons. The highest BCUT2D eigenvalue weighted by Gasteiger charge is 2.33. The third-order valence-electron chi connectivity index (χ3n) is 5.18. The lowest BCUT2D eigenvalue weighted by Crippen LogP contribution is -2.38. The number of benzene rings is 1. The molecule has 1 aromatic rings. The Morgan fingerprint density at radius 1 is 1.18 bits per heavy atom. The van der Waals surface area contributed by atoms with Crippen LogP contribution in [0.1, 0.15) is 52.5 Å². The van der Waals surface area contributed by atoms with Gasteiger partial charge in [-0.2, -0.15) is 0 Å². The van der Waals surface area contributed by atoms with Crippen molar-refractivity contribution in [2.24, 2.45) is 11.8 Å². The van der Waals surface area contributed by atoms with E-state index in [1.807, 2.05) is 13.0 Å². The molecule has 4 heteroatoms. The van der Waals surface area contributed by atoms with E-state index < -0.39 is 18.2 Å². The van der Waals surface area contributed by atoms with Crippen LogP contribution in [0, 0.1) is 11.8 Å². The maximum atomic E-state index is 12.5. The zero-order chi connectivity index (χ0) is 20.7. The lowest BCUT2D eigenvalue weighted by atomic mass is 9.81. The van der Waals surface area contributed by atoms with Crippen molar-refractivity contribution >= 4 is 12.0 Å². The molecule has 0 saturated carbocycles. The van der Waals surface area contributed by atoms with Gasteiger partial charge in [0.25, 0.3) is 0 Å². The number of aliphatic hydroxyl groups is 1. The summed E-state index contributed by atoms with van der Waals surface area (Å²) < 4.78 is 5.81. The summed E-state index contributed by atoms with van der Waals surface area (Å²) >= 11 is 0. The van der Waals surface area contributed by atoms with Gasteiger partial charge in [-0.15, -0.1) is 0 Å². The molecule has 1 aromatic carbocycles. The van der Waals surface area contributed by atoms with Crippen LogP contribution in [0.5, 0.6) is 5.75 Å². The normalized spacial score (nSPS) is 27.7. The van der Waals surface area contributed by atoms with E-state index in [9.17, 15) is 15.0 Å². The van der Waals surface area contributed by atoms with Crippen molar-refractivity contribution < 1.29 is 19.7 Å². The van der Waals surface area contributed by atoms with E-state index in [0.29, 0.717) is 6.42 Å². The number of allylic oxidation sites excluding steroid dienone is 2. The smallest absolute Gasteiger partial charge is 0.331 e. The second-order valence-electron chi connectivity index (χ2n) is 8.02. The Bertz CT molecular complexity index is 740. The van der Waals surface area contributed by atoms with Gasteiger partial charge in [0.2, 0.25) is 0 Å². The molecule has 0 aliphatic heterocycles. The van der Waals surface area contributed by atoms with E-state index in [0.717, 1.165) is 24.0 Å². The maximum absolute atomic E-state index is 12.5. The molecule has 4 nitrogen and oxygen atoms in total. The molecule has 0 bridgehead atoms. The fourth-order valence-electron chi connectivity index (χ4n) is 3.67. The molecule has 152 valence electrons. The van der Waals surface area contributed by atoms with Crippen molar-refractivity contribution in [1.29, 1.82) is 0 Å². The van der Waals surface area contributed by atoms with E-state index in [2.05, 4.69) is 26.8 Å². The van der Waals surface area contributed by atoms with Gasteiger partial charge < -0.3 is 14.9 Å². The molecule has 1 aliphatic carbocycles. The summed E-state index contributed by atoms with van der Waals surface area (Å²) in [5.74, 6) is -0.269. The summed E-state index contributed by atoms with van der Waals surface area (Å²) in [6.07, 6.45) is 8.59. The Balaban J connectivity index is 2.20. The van der Waals surface area contributed by atoms with Crippen molar-refractivity contribution in [3.8, 4) is 5.75 Å². The fraction of sp³-hybridized carbons (Fsp3) is 0.458. The maximum Gasteiger partial charge on any atom is 0.331 e. The third kappa shape index (κ3) is 6.68. The number of ether oxygens (including phenoxy) is 1. The Hall–Kier alpha value is -2.33. The SMILES string of the molecule is C/C1=C\[C@H](O)[C@H](C(C)C)[C@@H](OC(=O)/C=C/c2ccc(O)cc2)C/C(C)=C/CC1. The number of carbonyl (C=O) groups excluding carboxylic acids is 1. The van der Waals surface area contributed by atoms with E-state index in [4.69, 9.17) is 4.74 Å². The largest absolute Gasteiger partial charge is 0.508 e. The Kier molecular flexibility index (Phi) is 8.06. The van der Waals surface area contributed by atoms with Crippen LogP contribution in [0.25, 0.3) is 6.08 Å². The van der Waals surface area contributed by atoms with Crippen LogP contribution in [0.15, 0.2) is 53.6 Å². The number of aliphatic hydroxyl groups excluding tert-OH is 1. The second-order valence-corrected chi connectivity index (χ2v) is 8.02. The quantitative estimate of drug-likeness (QED) is 0.434. The molecule has 0 heterocycles. The third-order valence-corrected chi connectivity index (χ3v) is 5.18. The van der Waals surface area contributed by atoms with Crippen molar-refractivity contribution in [3.63, 3.8) is 0 Å². The molecular formula is C24H32O4. The van der Waals surface area contributed by atoms with Gasteiger partial charge >= 0.3 is 5.97 Å². The summed E-state index contributed by atoms with van der Waals surface area (Å²) in [5.41, 5.74) is 3.13. The van der Waals surface area contributed by atoms with Gasteiger partial charge in [-0.25, -0.2) is 4.79 Å². The van der Waals surface area contributed by atoms with E-state index >= 15 is 0 Å². The Morgan fingerprint density at radius 2 is 1.86 bits per heavy atom. The second kappa shape index (κ2) is 10.3. The van der Waals surface area contributed by atoms with Crippen LogP contribution in [0.2, 0.25) is 0 Å². The fourth-order valence-corrected chi connectivity index (χ4v) is 3.67. The average Bonchev–Trinajstić information content (AvgIpc) is 2.60. The van der Waals surface area contributed by atoms with Crippen LogP contribution < -0.4 is 0 Å². The van der Waals surface area contributed by atoms with Crippen molar-refractivity contribution in [2.45, 2.75) is 59.2 Å². The molecule has 0 fully saturated rings. The summed E-state index contributed by atoms with van der Waals surface area (Å²) in [6, 6.07) is 6.59. The average molecular weight is 385 g/mol. The van der Waals surface area contributed by atoms with Crippen molar-refractivity contribution in [1.82, 2.24) is 0 Å². The first-order valence-electron chi connectivity index (χ1n) is 9.95. The van der Waals surface area contributed by atoms with Gasteiger partial charge in [-0.05, 0) is 56.4 Å². The highest BCUT2D eigenvalue weighted by Crippen LogP contribution is 2.30. The van der Waals surface area contributed by atoms with Gasteiger partial charge in [0.15, 0.2) is 0 Å². The number of hydrogen-bond acceptors (Lipinski definition) is 4. The minimum absolute atomic E-state index is 0.158. The molecule has 28 heavy (non-hydrogen) atoms. The van der Waals surface area contributed by atoms with Gasteiger partial charge in [0.05, 0.1) is 6.10 Å². The predicted octanol–water partition coefficient (Wildman–Crippen LogP) is 5.03. The Labute approximate surface area is 168 Å². The minimum Gasteiger partial charge on any atom is -0.508 e. The first-order valence-corrected chi connectivity index (χ1v) is 9.95. The van der Waals surface area contributed by atoms with Crippen molar-refractivity contribution in [2.75, 3.05) is 0 Å². The van der Waals surface area contributed by atoms with Gasteiger partial charge in [0, 0.05) is 18.4 Å². The predicted molar refractivity (Wildman–Crippen MR) is 113 cm³/mol. The summed E-state index contributed by atoms with van der Waals surface area (Å²) in [5, 5.41) is 20.1. The minimum atomic E-state index is -0.648. The van der Waals surface area contributed by atoms with Crippen molar-refractivity contribution in [3.05, 3.63) is 59.2 Å². The standard InChI is InChI=1S/C24H32O4/c1-16(2)24-21(26)14-17(3)6-5-7-18(4)15-22(24)28-23(27)13-10-19-8-11-20(25)12-9-19/h7-14,16,21-22,24-26H,5-6,15H2,1-4H3/b13-10+,17-14+,18-7+/t21-,22-,24-/m0/s1. The van der Waals surface area contributed by atoms with Gasteiger partial charge in [-0.1, -0.05) is 49.3 Å². The first kappa shape index (κ1) is 22.0. The number of hydrogen-bond donors (Lipinski definition) is 2. The van der Waals surface area contributed by atoms with E-state index in [1.54, 1.807) is 30.3 Å². The summed E-state index contributed by atoms with van der Waals surface area (Å²) in [7, 11) is 0. The van der Waals surface area contributed by atoms with Gasteiger partial charge in [-0.3, -0.25) is 0 Å². The lowest BCUT2D eigenvalue weighted by molar-refractivity contribution is -0.148. The summed E-state index contributed by atoms with van der Waals surface area (Å²) in [6.45, 7) is 8.19. The number of esters is 1. The van der Waals surface area contributed by atoms with Gasteiger partial charge in [0.1, 0.15) is 11.9 Å². The monoisotopic (exact) mass is 384 g/mol. The molecule has 0 saturated heterocycles. The molecule has 0 aromatic heterocycles. The molecule has 2 N–H and O–H groups in total. The number of aromatic hydroxyl groups is 1. The molecule has 0 unspecified atom stereocenters. The number of rotatable bonds is 4. The van der Waals surface area contributed by atoms with Crippen LogP contribution in [-0.4, -0.2) is 28.4 Å². The zero-order valence-electron chi connectivity index (χ0n) is 17.3. The molecule has 0 amide bonds. The number of phenolic OH excluding ortho intramolecular Hbond substituents is 1. The van der Waals surface area contributed by atoms with Crippen LogP contribution >= 0.6 is 0 Å². The van der Waals surface area contributed by atoms with Crippen LogP contribution in [0.3, 0.4) is 0 Å². The molecule has 3 atom stereocenters. The van der Waals surface area contributed by atoms with Crippen LogP contribution in [-0.2, 0) is 9.53 Å². The molecule has 1 aliphatic rings. The topological polar surface area (TPSA) is 66.8 Å². The van der Waals surface area contributed by atoms with E-state index in [-0.39, 0.29) is 17.6 Å². The first-order chi connectivity index (χ1) is 13.3. The highest BCUT2D eigenvalue weighted by molar-refractivity contribution is 5.87. The molecule has 0 spiro atoms. The number of phenols is 1. The lowest BCUT2D eigenvalue weighted by Gasteiger charge is -2.33. The zero-order valence-corrected chi connectivity index (χ0v) is 17.3. The number of carbonyl (C=O) groups is 1. The van der Waals surface area contributed by atoms with Crippen LogP contribution in [0.4, 0.5) is 0 Å². The summed E-state index contributed by atoms with van der Waals surface area (Å²) in [4.78, 5) is 12.5. The highest BCUT2D eigenvalue weighted by atomic mass is 16.5. The molecule has 2 rings (SSSR count). The Morgan fingerprint density at radius 3 is 2.50 bits per heavy atom. The molecular weight excluding hydrogens is 352 g/mol. The van der Waals surface area contributed by atoms with E-state index in [1.165, 1.54) is 11.6 Å².